The molecule has 0 radical (unpaired) electrons. The first-order valence-electron chi connectivity index (χ1n) is 5.90. The molecule has 1 unspecified atom stereocenters. The highest BCUT2D eigenvalue weighted by Crippen LogP contribution is 2.19. The Morgan fingerprint density at radius 1 is 1.30 bits per heavy atom. The molecule has 1 atom stereocenters. The zero-order valence-corrected chi connectivity index (χ0v) is 11.8. The van der Waals surface area contributed by atoms with Crippen molar-refractivity contribution in [3.8, 4) is 0 Å². The van der Waals surface area contributed by atoms with E-state index in [1.54, 1.807) is 6.20 Å². The van der Waals surface area contributed by atoms with Crippen LogP contribution >= 0.6 is 11.3 Å². The Morgan fingerprint density at radius 3 is 2.55 bits per heavy atom. The second kappa shape index (κ2) is 5.79. The number of aromatic nitrogens is 2. The second-order valence-electron chi connectivity index (χ2n) is 4.24. The normalized spacial score (nSPS) is 11.9. The SMILES string of the molecule is Cc1cnc(C(C)NC(=O)c2ccc(C(=O)O)nc2)s1. The number of carbonyl (C=O) groups excluding carboxylic acids is 1. The highest BCUT2D eigenvalue weighted by Gasteiger charge is 2.15. The van der Waals surface area contributed by atoms with E-state index in [1.807, 2.05) is 13.8 Å². The van der Waals surface area contributed by atoms with Crippen molar-refractivity contribution in [3.63, 3.8) is 0 Å². The third-order valence-corrected chi connectivity index (χ3v) is 3.70. The van der Waals surface area contributed by atoms with Gasteiger partial charge in [-0.1, -0.05) is 0 Å². The third-order valence-electron chi connectivity index (χ3n) is 2.60. The Hall–Kier alpha value is -2.28. The molecule has 0 fully saturated rings. The van der Waals surface area contributed by atoms with Crippen LogP contribution in [-0.2, 0) is 0 Å². The van der Waals surface area contributed by atoms with E-state index in [-0.39, 0.29) is 17.6 Å². The molecule has 0 aliphatic carbocycles. The van der Waals surface area contributed by atoms with Gasteiger partial charge in [-0.2, -0.15) is 0 Å². The number of pyridine rings is 1. The zero-order valence-electron chi connectivity index (χ0n) is 11.0. The summed E-state index contributed by atoms with van der Waals surface area (Å²) in [4.78, 5) is 31.7. The highest BCUT2D eigenvalue weighted by molar-refractivity contribution is 7.11. The van der Waals surface area contributed by atoms with Crippen molar-refractivity contribution in [2.24, 2.45) is 0 Å². The van der Waals surface area contributed by atoms with Crippen LogP contribution < -0.4 is 5.32 Å². The van der Waals surface area contributed by atoms with Gasteiger partial charge in [0.25, 0.3) is 5.91 Å². The Balaban J connectivity index is 2.06. The molecule has 2 heterocycles. The molecule has 1 amide bonds. The summed E-state index contributed by atoms with van der Waals surface area (Å²) in [6.45, 7) is 3.79. The number of hydrogen-bond acceptors (Lipinski definition) is 5. The molecule has 6 nitrogen and oxygen atoms in total. The van der Waals surface area contributed by atoms with Crippen LogP contribution in [-0.4, -0.2) is 27.0 Å². The van der Waals surface area contributed by atoms with Crippen molar-refractivity contribution in [2.45, 2.75) is 19.9 Å². The first-order valence-corrected chi connectivity index (χ1v) is 6.71. The molecular formula is C13H13N3O3S. The van der Waals surface area contributed by atoms with Crippen LogP contribution in [0, 0.1) is 6.92 Å². The maximum absolute atomic E-state index is 12.0. The number of thiazole rings is 1. The van der Waals surface area contributed by atoms with Crippen LogP contribution in [0.2, 0.25) is 0 Å². The average molecular weight is 291 g/mol. The molecule has 7 heteroatoms. The van der Waals surface area contributed by atoms with Crippen molar-refractivity contribution >= 4 is 23.2 Å². The van der Waals surface area contributed by atoms with E-state index in [0.717, 1.165) is 9.88 Å². The summed E-state index contributed by atoms with van der Waals surface area (Å²) in [6, 6.07) is 2.53. The van der Waals surface area contributed by atoms with Gasteiger partial charge in [0.15, 0.2) is 0 Å². The van der Waals surface area contributed by atoms with Gasteiger partial charge < -0.3 is 10.4 Å². The summed E-state index contributed by atoms with van der Waals surface area (Å²) in [5, 5.41) is 12.4. The van der Waals surface area contributed by atoms with Crippen molar-refractivity contribution < 1.29 is 14.7 Å². The molecule has 2 rings (SSSR count). The van der Waals surface area contributed by atoms with Crippen LogP contribution in [0.1, 0.15) is 43.7 Å². The summed E-state index contributed by atoms with van der Waals surface area (Å²) < 4.78 is 0. The lowest BCUT2D eigenvalue weighted by Crippen LogP contribution is -2.26. The molecule has 20 heavy (non-hydrogen) atoms. The van der Waals surface area contributed by atoms with Crippen LogP contribution in [0.3, 0.4) is 0 Å². The zero-order chi connectivity index (χ0) is 14.7. The summed E-state index contributed by atoms with van der Waals surface area (Å²) in [5.74, 6) is -1.43. The minimum atomic E-state index is -1.12. The molecule has 0 saturated heterocycles. The van der Waals surface area contributed by atoms with Crippen LogP contribution in [0.4, 0.5) is 0 Å². The maximum Gasteiger partial charge on any atom is 0.354 e. The number of aromatic carboxylic acids is 1. The van der Waals surface area contributed by atoms with E-state index in [4.69, 9.17) is 5.11 Å². The van der Waals surface area contributed by atoms with E-state index >= 15 is 0 Å². The topological polar surface area (TPSA) is 92.2 Å². The van der Waals surface area contributed by atoms with Gasteiger partial charge in [-0.05, 0) is 26.0 Å². The predicted molar refractivity (Wildman–Crippen MR) is 73.9 cm³/mol. The fourth-order valence-electron chi connectivity index (χ4n) is 1.57. The molecule has 0 aromatic carbocycles. The molecule has 0 saturated carbocycles. The number of carboxylic acids is 1. The van der Waals surface area contributed by atoms with Crippen molar-refractivity contribution in [1.29, 1.82) is 0 Å². The van der Waals surface area contributed by atoms with Crippen LogP contribution in [0.25, 0.3) is 0 Å². The number of nitrogens with zero attached hydrogens (tertiary/aromatic N) is 2. The number of carbonyl (C=O) groups is 2. The van der Waals surface area contributed by atoms with Gasteiger partial charge in [0.2, 0.25) is 0 Å². The number of nitrogens with one attached hydrogen (secondary N) is 1. The molecule has 2 N–H and O–H groups in total. The van der Waals surface area contributed by atoms with E-state index in [2.05, 4.69) is 15.3 Å². The first kappa shape index (κ1) is 14.1. The van der Waals surface area contributed by atoms with E-state index < -0.39 is 5.97 Å². The lowest BCUT2D eigenvalue weighted by molar-refractivity contribution is 0.0689. The summed E-state index contributed by atoms with van der Waals surface area (Å²) in [6.07, 6.45) is 3.00. The van der Waals surface area contributed by atoms with Gasteiger partial charge in [-0.3, -0.25) is 4.79 Å². The van der Waals surface area contributed by atoms with Crippen LogP contribution in [0.15, 0.2) is 24.5 Å². The number of hydrogen-bond donors (Lipinski definition) is 2. The molecule has 104 valence electrons. The summed E-state index contributed by atoms with van der Waals surface area (Å²) in [7, 11) is 0. The molecule has 0 aliphatic heterocycles. The molecule has 0 bridgehead atoms. The summed E-state index contributed by atoms with van der Waals surface area (Å²) in [5.41, 5.74) is 0.222. The van der Waals surface area contributed by atoms with Crippen molar-refractivity contribution in [1.82, 2.24) is 15.3 Å². The predicted octanol–water partition coefficient (Wildman–Crippen LogP) is 2.04. The standard InChI is InChI=1S/C13H13N3O3S/c1-7-5-15-12(20-7)8(2)16-11(17)9-3-4-10(13(18)19)14-6-9/h3-6,8H,1-2H3,(H,16,17)(H,18,19). The highest BCUT2D eigenvalue weighted by atomic mass is 32.1. The van der Waals surface area contributed by atoms with E-state index in [0.29, 0.717) is 5.56 Å². The number of aryl methyl sites for hydroxylation is 1. The van der Waals surface area contributed by atoms with Gasteiger partial charge in [-0.25, -0.2) is 14.8 Å². The Morgan fingerprint density at radius 2 is 2.05 bits per heavy atom. The minimum Gasteiger partial charge on any atom is -0.477 e. The van der Waals surface area contributed by atoms with Gasteiger partial charge in [0.1, 0.15) is 10.7 Å². The Bertz CT molecular complexity index is 637. The number of rotatable bonds is 4. The van der Waals surface area contributed by atoms with Gasteiger partial charge in [0.05, 0.1) is 11.6 Å². The molecule has 2 aromatic rings. The maximum atomic E-state index is 12.0. The smallest absolute Gasteiger partial charge is 0.354 e. The fraction of sp³-hybridized carbons (Fsp3) is 0.231. The van der Waals surface area contributed by atoms with Crippen molar-refractivity contribution in [3.05, 3.63) is 45.7 Å². The molecule has 2 aromatic heterocycles. The Labute approximate surface area is 119 Å². The van der Waals surface area contributed by atoms with Crippen molar-refractivity contribution in [2.75, 3.05) is 0 Å². The quantitative estimate of drug-likeness (QED) is 0.899. The molecule has 0 aliphatic rings. The van der Waals surface area contributed by atoms with E-state index in [1.165, 1.54) is 29.7 Å². The lowest BCUT2D eigenvalue weighted by Gasteiger charge is -2.11. The number of carboxylic acid groups (broad SMARTS) is 1. The first-order chi connectivity index (χ1) is 9.47. The average Bonchev–Trinajstić information content (AvgIpc) is 2.85. The third kappa shape index (κ3) is 3.18. The monoisotopic (exact) mass is 291 g/mol. The molecule has 0 spiro atoms. The van der Waals surface area contributed by atoms with E-state index in [9.17, 15) is 9.59 Å². The Kier molecular flexibility index (Phi) is 4.09. The number of amides is 1. The largest absolute Gasteiger partial charge is 0.477 e. The van der Waals surface area contributed by atoms with Crippen LogP contribution in [0.5, 0.6) is 0 Å². The lowest BCUT2D eigenvalue weighted by atomic mass is 10.2. The minimum absolute atomic E-state index is 0.0925. The summed E-state index contributed by atoms with van der Waals surface area (Å²) >= 11 is 1.52. The van der Waals surface area contributed by atoms with Gasteiger partial charge in [0, 0.05) is 17.3 Å². The van der Waals surface area contributed by atoms with Gasteiger partial charge >= 0.3 is 5.97 Å². The second-order valence-corrected chi connectivity index (χ2v) is 5.51. The van der Waals surface area contributed by atoms with Gasteiger partial charge in [-0.15, -0.1) is 11.3 Å². The molecular weight excluding hydrogens is 278 g/mol. The fourth-order valence-corrected chi connectivity index (χ4v) is 2.35.